The van der Waals surface area contributed by atoms with Gasteiger partial charge in [-0.15, -0.1) is 0 Å². The molecule has 2 saturated heterocycles. The Kier molecular flexibility index (Phi) is 4.64. The average Bonchev–Trinajstić information content (AvgIpc) is 2.52. The Labute approximate surface area is 148 Å². The maximum Gasteiger partial charge on any atom is 0.348 e. The van der Waals surface area contributed by atoms with Crippen LogP contribution >= 0.6 is 15.9 Å². The fraction of sp³-hybridized carbons (Fsp3) is 0.412. The van der Waals surface area contributed by atoms with Gasteiger partial charge in [-0.05, 0) is 23.8 Å². The summed E-state index contributed by atoms with van der Waals surface area (Å²) >= 11 is 3.46. The minimum absolute atomic E-state index is 0.105. The summed E-state index contributed by atoms with van der Waals surface area (Å²) < 4.78 is 16.6. The van der Waals surface area contributed by atoms with Gasteiger partial charge in [0, 0.05) is 37.1 Å². The summed E-state index contributed by atoms with van der Waals surface area (Å²) in [5, 5.41) is 0. The Morgan fingerprint density at radius 3 is 2.38 bits per heavy atom. The first-order chi connectivity index (χ1) is 11.4. The Morgan fingerprint density at radius 1 is 1.12 bits per heavy atom. The lowest BCUT2D eigenvalue weighted by Crippen LogP contribution is -2.41. The first-order valence-electron chi connectivity index (χ1n) is 7.66. The first kappa shape index (κ1) is 17.0. The molecule has 1 aromatic carbocycles. The van der Waals surface area contributed by atoms with Gasteiger partial charge in [-0.25, -0.2) is 9.59 Å². The van der Waals surface area contributed by atoms with Crippen molar-refractivity contribution in [2.45, 2.75) is 19.6 Å². The van der Waals surface area contributed by atoms with E-state index in [4.69, 9.17) is 14.2 Å². The van der Waals surface area contributed by atoms with E-state index in [1.807, 2.05) is 18.2 Å². The molecule has 0 aliphatic carbocycles. The summed E-state index contributed by atoms with van der Waals surface area (Å²) in [6, 6.07) is 5.67. The zero-order chi connectivity index (χ0) is 17.3. The molecule has 0 saturated carbocycles. The number of cyclic esters (lactones) is 2. The molecule has 7 heteroatoms. The van der Waals surface area contributed by atoms with Crippen LogP contribution in [0.5, 0.6) is 0 Å². The molecule has 3 rings (SSSR count). The van der Waals surface area contributed by atoms with E-state index in [0.717, 1.165) is 28.8 Å². The second kappa shape index (κ2) is 6.57. The lowest BCUT2D eigenvalue weighted by atomic mass is 10.1. The number of esters is 2. The number of anilines is 1. The molecular weight excluding hydrogens is 378 g/mol. The largest absolute Gasteiger partial charge is 0.419 e. The van der Waals surface area contributed by atoms with Crippen molar-refractivity contribution in [1.29, 1.82) is 0 Å². The molecule has 2 aliphatic rings. The van der Waals surface area contributed by atoms with Crippen molar-refractivity contribution in [3.05, 3.63) is 33.8 Å². The summed E-state index contributed by atoms with van der Waals surface area (Å²) in [4.78, 5) is 26.4. The standard InChI is InChI=1S/C17H18BrNO5/c1-17(2)23-15(20)13(16(21)24-17)9-11-3-4-12(18)10-14(11)19-5-7-22-8-6-19/h3-4,9-10H,5-8H2,1-2H3. The molecule has 6 nitrogen and oxygen atoms in total. The number of ether oxygens (including phenoxy) is 3. The average molecular weight is 396 g/mol. The van der Waals surface area contributed by atoms with E-state index in [1.54, 1.807) is 0 Å². The van der Waals surface area contributed by atoms with E-state index in [0.29, 0.717) is 13.2 Å². The summed E-state index contributed by atoms with van der Waals surface area (Å²) in [6.07, 6.45) is 1.52. The molecule has 0 unspecified atom stereocenters. The van der Waals surface area contributed by atoms with Crippen LogP contribution in [-0.2, 0) is 23.8 Å². The van der Waals surface area contributed by atoms with Gasteiger partial charge in [0.1, 0.15) is 5.57 Å². The normalized spacial score (nSPS) is 20.5. The van der Waals surface area contributed by atoms with Crippen molar-refractivity contribution in [1.82, 2.24) is 0 Å². The van der Waals surface area contributed by atoms with E-state index in [9.17, 15) is 9.59 Å². The Hall–Kier alpha value is -1.86. The van der Waals surface area contributed by atoms with Crippen molar-refractivity contribution >= 4 is 39.6 Å². The predicted octanol–water partition coefficient (Wildman–Crippen LogP) is 2.51. The fourth-order valence-corrected chi connectivity index (χ4v) is 3.00. The van der Waals surface area contributed by atoms with Gasteiger partial charge < -0.3 is 19.1 Å². The molecule has 1 aromatic rings. The highest BCUT2D eigenvalue weighted by atomic mass is 79.9. The maximum absolute atomic E-state index is 12.1. The first-order valence-corrected chi connectivity index (χ1v) is 8.46. The second-order valence-corrected chi connectivity index (χ2v) is 6.96. The van der Waals surface area contributed by atoms with Crippen LogP contribution in [0.3, 0.4) is 0 Å². The van der Waals surface area contributed by atoms with E-state index >= 15 is 0 Å². The molecule has 24 heavy (non-hydrogen) atoms. The van der Waals surface area contributed by atoms with Gasteiger partial charge in [0.25, 0.3) is 5.79 Å². The van der Waals surface area contributed by atoms with Crippen LogP contribution < -0.4 is 4.90 Å². The Morgan fingerprint density at radius 2 is 1.75 bits per heavy atom. The molecule has 0 N–H and O–H groups in total. The van der Waals surface area contributed by atoms with Gasteiger partial charge in [0.05, 0.1) is 13.2 Å². The molecule has 0 amide bonds. The molecule has 0 bridgehead atoms. The lowest BCUT2D eigenvalue weighted by molar-refractivity contribution is -0.222. The van der Waals surface area contributed by atoms with Gasteiger partial charge in [0.2, 0.25) is 0 Å². The van der Waals surface area contributed by atoms with E-state index in [1.165, 1.54) is 19.9 Å². The van der Waals surface area contributed by atoms with Crippen LogP contribution in [0.1, 0.15) is 19.4 Å². The predicted molar refractivity (Wildman–Crippen MR) is 91.4 cm³/mol. The number of carbonyl (C=O) groups excluding carboxylic acids is 2. The molecule has 2 fully saturated rings. The zero-order valence-electron chi connectivity index (χ0n) is 13.5. The number of morpholine rings is 1. The third kappa shape index (κ3) is 3.62. The minimum Gasteiger partial charge on any atom is -0.419 e. The summed E-state index contributed by atoms with van der Waals surface area (Å²) in [6.45, 7) is 5.82. The fourth-order valence-electron chi connectivity index (χ4n) is 2.65. The lowest BCUT2D eigenvalue weighted by Gasteiger charge is -2.31. The second-order valence-electron chi connectivity index (χ2n) is 6.04. The van der Waals surface area contributed by atoms with E-state index in [-0.39, 0.29) is 5.57 Å². The SMILES string of the molecule is CC1(C)OC(=O)C(=Cc2ccc(Br)cc2N2CCOCC2)C(=O)O1. The van der Waals surface area contributed by atoms with Crippen LogP contribution in [0.25, 0.3) is 6.08 Å². The highest BCUT2D eigenvalue weighted by molar-refractivity contribution is 9.10. The number of halogens is 1. The highest BCUT2D eigenvalue weighted by Gasteiger charge is 2.39. The van der Waals surface area contributed by atoms with Gasteiger partial charge in [0.15, 0.2) is 0 Å². The number of carbonyl (C=O) groups is 2. The van der Waals surface area contributed by atoms with Crippen molar-refractivity contribution in [3.63, 3.8) is 0 Å². The number of benzene rings is 1. The van der Waals surface area contributed by atoms with Gasteiger partial charge in [-0.3, -0.25) is 0 Å². The van der Waals surface area contributed by atoms with Crippen molar-refractivity contribution in [2.75, 3.05) is 31.2 Å². The van der Waals surface area contributed by atoms with Gasteiger partial charge >= 0.3 is 11.9 Å². The third-order valence-corrected chi connectivity index (χ3v) is 4.25. The van der Waals surface area contributed by atoms with Crippen LogP contribution in [0.4, 0.5) is 5.69 Å². The van der Waals surface area contributed by atoms with Crippen molar-refractivity contribution < 1.29 is 23.8 Å². The number of hydrogen-bond acceptors (Lipinski definition) is 6. The van der Waals surface area contributed by atoms with Crippen LogP contribution in [-0.4, -0.2) is 44.0 Å². The van der Waals surface area contributed by atoms with E-state index in [2.05, 4.69) is 20.8 Å². The van der Waals surface area contributed by atoms with Gasteiger partial charge in [-0.1, -0.05) is 22.0 Å². The maximum atomic E-state index is 12.1. The molecule has 0 radical (unpaired) electrons. The molecule has 2 aliphatic heterocycles. The Balaban J connectivity index is 1.97. The molecule has 0 atom stereocenters. The zero-order valence-corrected chi connectivity index (χ0v) is 15.1. The number of rotatable bonds is 2. The quantitative estimate of drug-likeness (QED) is 0.435. The number of nitrogens with zero attached hydrogens (tertiary/aromatic N) is 1. The Bertz CT molecular complexity index is 685. The molecule has 0 aromatic heterocycles. The summed E-state index contributed by atoms with van der Waals surface area (Å²) in [5.41, 5.74) is 1.57. The minimum atomic E-state index is -1.24. The third-order valence-electron chi connectivity index (χ3n) is 3.76. The molecular formula is C17H18BrNO5. The monoisotopic (exact) mass is 395 g/mol. The molecule has 2 heterocycles. The van der Waals surface area contributed by atoms with Crippen LogP contribution in [0.15, 0.2) is 28.2 Å². The van der Waals surface area contributed by atoms with Crippen molar-refractivity contribution in [2.24, 2.45) is 0 Å². The van der Waals surface area contributed by atoms with Crippen LogP contribution in [0, 0.1) is 0 Å². The van der Waals surface area contributed by atoms with E-state index < -0.39 is 17.7 Å². The summed E-state index contributed by atoms with van der Waals surface area (Å²) in [5.74, 6) is -2.59. The van der Waals surface area contributed by atoms with Gasteiger partial charge in [-0.2, -0.15) is 0 Å². The molecule has 0 spiro atoms. The van der Waals surface area contributed by atoms with Crippen molar-refractivity contribution in [3.8, 4) is 0 Å². The smallest absolute Gasteiger partial charge is 0.348 e. The highest BCUT2D eigenvalue weighted by Crippen LogP contribution is 2.30. The molecule has 128 valence electrons. The van der Waals surface area contributed by atoms with Crippen LogP contribution in [0.2, 0.25) is 0 Å². The summed E-state index contributed by atoms with van der Waals surface area (Å²) in [7, 11) is 0. The number of hydrogen-bond donors (Lipinski definition) is 0. The topological polar surface area (TPSA) is 65.1 Å².